The molecular formula is C16H11BrCl2SZr. The van der Waals surface area contributed by atoms with Crippen molar-refractivity contribution in [1.82, 2.24) is 0 Å². The number of benzene rings is 1. The molecule has 5 heteroatoms. The Bertz CT molecular complexity index is 689. The monoisotopic (exact) mass is 474 g/mol. The minimum absolute atomic E-state index is 0. The van der Waals surface area contributed by atoms with Crippen LogP contribution in [0.3, 0.4) is 0 Å². The molecular weight excluding hydrogens is 466 g/mol. The van der Waals surface area contributed by atoms with E-state index in [1.165, 1.54) is 21.2 Å². The maximum atomic E-state index is 3.48. The molecule has 4 rings (SSSR count). The molecule has 1 aliphatic heterocycles. The summed E-state index contributed by atoms with van der Waals surface area (Å²) in [4.78, 5) is 1.38. The summed E-state index contributed by atoms with van der Waals surface area (Å²) in [5.41, 5.74) is 1.38. The van der Waals surface area contributed by atoms with Gasteiger partial charge in [-0.2, -0.15) is 17.7 Å². The molecule has 3 aliphatic rings. The van der Waals surface area contributed by atoms with Gasteiger partial charge < -0.3 is 24.8 Å². The van der Waals surface area contributed by atoms with E-state index in [1.54, 1.807) is 11.3 Å². The molecule has 0 saturated heterocycles. The number of halogens is 3. The quantitative estimate of drug-likeness (QED) is 0.394. The Morgan fingerprint density at radius 2 is 2.00 bits per heavy atom. The van der Waals surface area contributed by atoms with E-state index in [0.717, 1.165) is 10.9 Å². The average molecular weight is 477 g/mol. The van der Waals surface area contributed by atoms with Gasteiger partial charge in [-0.25, -0.2) is 12.2 Å². The van der Waals surface area contributed by atoms with Gasteiger partial charge in [0, 0.05) is 4.47 Å². The van der Waals surface area contributed by atoms with Crippen LogP contribution in [-0.2, 0) is 26.2 Å². The largest absolute Gasteiger partial charge is 4.00 e. The van der Waals surface area contributed by atoms with Crippen LogP contribution in [0.2, 0.25) is 0 Å². The summed E-state index contributed by atoms with van der Waals surface area (Å²) in [6.45, 7) is 0. The van der Waals surface area contributed by atoms with Crippen LogP contribution < -0.4 is 24.8 Å². The van der Waals surface area contributed by atoms with Gasteiger partial charge in [0.2, 0.25) is 0 Å². The Labute approximate surface area is 169 Å². The van der Waals surface area contributed by atoms with Crippen molar-refractivity contribution in [3.8, 4) is 10.4 Å². The first kappa shape index (κ1) is 21.2. The third-order valence-corrected chi connectivity index (χ3v) is 4.23. The van der Waals surface area contributed by atoms with Gasteiger partial charge in [0.05, 0.1) is 0 Å². The van der Waals surface area contributed by atoms with Crippen molar-refractivity contribution >= 4 is 38.0 Å². The Morgan fingerprint density at radius 1 is 1.19 bits per heavy atom. The van der Waals surface area contributed by atoms with Crippen LogP contribution in [0.5, 0.6) is 0 Å². The summed E-state index contributed by atoms with van der Waals surface area (Å²) in [5.74, 6) is 0. The molecule has 1 aromatic rings. The second kappa shape index (κ2) is 10.1. The van der Waals surface area contributed by atoms with Crippen molar-refractivity contribution in [2.45, 2.75) is 6.42 Å². The normalized spacial score (nSPS) is 11.3. The number of allylic oxidation sites excluding steroid dienone is 4. The van der Waals surface area contributed by atoms with Crippen LogP contribution in [-0.4, -0.2) is 0 Å². The van der Waals surface area contributed by atoms with Crippen molar-refractivity contribution in [3.05, 3.63) is 64.5 Å². The van der Waals surface area contributed by atoms with Gasteiger partial charge in [-0.3, -0.25) is 17.4 Å². The molecule has 0 atom stereocenters. The molecule has 0 nitrogen and oxygen atoms in total. The third kappa shape index (κ3) is 5.11. The molecule has 0 saturated carbocycles. The van der Waals surface area contributed by atoms with Gasteiger partial charge >= 0.3 is 26.2 Å². The van der Waals surface area contributed by atoms with Crippen LogP contribution in [0.4, 0.5) is 0 Å². The number of hydrogen-bond donors (Lipinski definition) is 0. The standard InChI is InChI=1S/C11H6BrS.C5H5.2ClH.Zr/c12-8-1-2-9-7(5-8)6-11-10(9)3-4-13-11;1-2-4-5-3-1;;;/h1-6H;1-3H,4H2;2*1H;/q2*-1;;;+4/p-2. The van der Waals surface area contributed by atoms with E-state index in [2.05, 4.69) is 63.8 Å². The van der Waals surface area contributed by atoms with Gasteiger partial charge in [-0.15, -0.1) is 22.7 Å². The molecule has 21 heavy (non-hydrogen) atoms. The zero-order chi connectivity index (χ0) is 12.4. The van der Waals surface area contributed by atoms with Crippen LogP contribution in [0.15, 0.2) is 58.4 Å². The fourth-order valence-electron chi connectivity index (χ4n) is 2.03. The molecule has 1 aromatic carbocycles. The molecule has 0 radical (unpaired) electrons. The van der Waals surface area contributed by atoms with E-state index in [1.807, 2.05) is 12.2 Å². The zero-order valence-electron chi connectivity index (χ0n) is 10.9. The predicted molar refractivity (Wildman–Crippen MR) is 83.3 cm³/mol. The maximum absolute atomic E-state index is 3.48. The third-order valence-electron chi connectivity index (χ3n) is 2.87. The van der Waals surface area contributed by atoms with E-state index < -0.39 is 0 Å². The summed E-state index contributed by atoms with van der Waals surface area (Å²) < 4.78 is 1.15. The van der Waals surface area contributed by atoms with Crippen LogP contribution >= 0.6 is 27.3 Å². The molecule has 2 aliphatic carbocycles. The van der Waals surface area contributed by atoms with E-state index in [0.29, 0.717) is 0 Å². The first-order valence-corrected chi connectivity index (χ1v) is 7.46. The number of thiophene rings is 1. The summed E-state index contributed by atoms with van der Waals surface area (Å²) >= 11 is 5.28. The fourth-order valence-corrected chi connectivity index (χ4v) is 3.26. The van der Waals surface area contributed by atoms with Crippen molar-refractivity contribution < 1.29 is 51.0 Å². The van der Waals surface area contributed by atoms with E-state index in [4.69, 9.17) is 0 Å². The number of hydrogen-bond acceptors (Lipinski definition) is 1. The van der Waals surface area contributed by atoms with Crippen LogP contribution in [0.25, 0.3) is 21.2 Å². The topological polar surface area (TPSA) is 0 Å². The van der Waals surface area contributed by atoms with Gasteiger partial charge in [0.25, 0.3) is 0 Å². The van der Waals surface area contributed by atoms with Crippen molar-refractivity contribution in [2.75, 3.05) is 0 Å². The van der Waals surface area contributed by atoms with E-state index in [-0.39, 0.29) is 51.0 Å². The van der Waals surface area contributed by atoms with Crippen molar-refractivity contribution in [3.63, 3.8) is 0 Å². The van der Waals surface area contributed by atoms with Gasteiger partial charge in [-0.05, 0) is 17.5 Å². The molecule has 1 heterocycles. The van der Waals surface area contributed by atoms with E-state index in [9.17, 15) is 0 Å². The molecule has 0 aromatic heterocycles. The second-order valence-electron chi connectivity index (χ2n) is 4.08. The first-order valence-electron chi connectivity index (χ1n) is 5.78. The second-order valence-corrected chi connectivity index (χ2v) is 5.94. The Kier molecular flexibility index (Phi) is 10.2. The van der Waals surface area contributed by atoms with Gasteiger partial charge in [0.15, 0.2) is 0 Å². The van der Waals surface area contributed by atoms with Gasteiger partial charge in [-0.1, -0.05) is 27.4 Å². The van der Waals surface area contributed by atoms with Crippen LogP contribution in [0.1, 0.15) is 6.42 Å². The smallest absolute Gasteiger partial charge is 1.00 e. The molecule has 0 bridgehead atoms. The molecule has 0 amide bonds. The summed E-state index contributed by atoms with van der Waals surface area (Å²) in [6.07, 6.45) is 10.0. The molecule has 0 N–H and O–H groups in total. The minimum Gasteiger partial charge on any atom is -1.00 e. The molecule has 0 spiro atoms. The fraction of sp³-hybridized carbons (Fsp3) is 0.0625. The zero-order valence-corrected chi connectivity index (χ0v) is 17.3. The van der Waals surface area contributed by atoms with Gasteiger partial charge in [0.1, 0.15) is 0 Å². The summed E-state index contributed by atoms with van der Waals surface area (Å²) in [5, 5.41) is 4.84. The Balaban J connectivity index is 0.000000437. The minimum atomic E-state index is 0. The first-order chi connectivity index (χ1) is 8.84. The Hall–Kier alpha value is 0.213. The average Bonchev–Trinajstić information content (AvgIpc) is 3.07. The van der Waals surface area contributed by atoms with Crippen molar-refractivity contribution in [1.29, 1.82) is 0 Å². The maximum Gasteiger partial charge on any atom is 4.00 e. The number of rotatable bonds is 0. The Morgan fingerprint density at radius 3 is 2.62 bits per heavy atom. The molecule has 0 fully saturated rings. The van der Waals surface area contributed by atoms with E-state index >= 15 is 0 Å². The SMILES string of the molecule is Brc1ccc2c3c[cH-]sc-3cc2c1.[C-]1=CC=CC1.[Cl-].[Cl-].[Zr+4]. The number of fused-ring (bicyclic) bond motifs is 3. The summed E-state index contributed by atoms with van der Waals surface area (Å²) in [7, 11) is 0. The summed E-state index contributed by atoms with van der Waals surface area (Å²) in [6, 6.07) is 10.9. The molecule has 0 unspecified atom stereocenters. The predicted octanol–water partition coefficient (Wildman–Crippen LogP) is -0.201. The van der Waals surface area contributed by atoms with Crippen LogP contribution in [0, 0.1) is 6.08 Å². The molecule has 106 valence electrons. The van der Waals surface area contributed by atoms with Crippen molar-refractivity contribution in [2.24, 2.45) is 0 Å².